The van der Waals surface area contributed by atoms with Crippen LogP contribution in [0.15, 0.2) is 42.7 Å². The topological polar surface area (TPSA) is 59.9 Å². The summed E-state index contributed by atoms with van der Waals surface area (Å²) in [5.74, 6) is 0.0629. The molecule has 0 bridgehead atoms. The molecule has 0 atom stereocenters. The van der Waals surface area contributed by atoms with E-state index in [1.807, 2.05) is 6.92 Å². The van der Waals surface area contributed by atoms with Gasteiger partial charge < -0.3 is 10.1 Å². The highest BCUT2D eigenvalue weighted by Gasteiger charge is 2.11. The summed E-state index contributed by atoms with van der Waals surface area (Å²) in [6.45, 7) is 4.08. The van der Waals surface area contributed by atoms with Gasteiger partial charge in [-0.2, -0.15) is 0 Å². The molecule has 0 aliphatic rings. The third kappa shape index (κ3) is 4.06. The highest BCUT2D eigenvalue weighted by Crippen LogP contribution is 2.26. The smallest absolute Gasteiger partial charge is 0.224 e. The minimum atomic E-state index is -0.785. The van der Waals surface area contributed by atoms with Crippen LogP contribution in [-0.4, -0.2) is 15.0 Å². The lowest BCUT2D eigenvalue weighted by Crippen LogP contribution is -2.07. The molecular weight excluding hydrogens is 326 g/mol. The second kappa shape index (κ2) is 7.21. The second-order valence-electron chi connectivity index (χ2n) is 5.45. The van der Waals surface area contributed by atoms with Crippen molar-refractivity contribution in [1.29, 1.82) is 0 Å². The van der Waals surface area contributed by atoms with Crippen molar-refractivity contribution in [3.05, 3.63) is 71.3 Å². The van der Waals surface area contributed by atoms with Crippen LogP contribution in [0.5, 0.6) is 11.6 Å². The van der Waals surface area contributed by atoms with Crippen molar-refractivity contribution in [2.24, 2.45) is 0 Å². The number of rotatable bonds is 5. The van der Waals surface area contributed by atoms with Gasteiger partial charge in [-0.3, -0.25) is 0 Å². The summed E-state index contributed by atoms with van der Waals surface area (Å²) >= 11 is 0. The summed E-state index contributed by atoms with van der Waals surface area (Å²) in [6, 6.07) is 6.69. The van der Waals surface area contributed by atoms with Crippen LogP contribution in [0.4, 0.5) is 14.6 Å². The summed E-state index contributed by atoms with van der Waals surface area (Å²) in [5, 5.41) is 3.20. The maximum absolute atomic E-state index is 13.8. The Morgan fingerprint density at radius 3 is 2.76 bits per heavy atom. The standard InChI is InChI=1S/C18H16F2N4O/c1-11-9-22-12(2)24-17(11)23-10-13-4-3-7-21-18(13)25-16-6-5-14(19)8-15(16)20/h3-9H,10H2,1-2H3,(H,22,23,24). The van der Waals surface area contributed by atoms with E-state index in [1.54, 1.807) is 31.5 Å². The predicted octanol–water partition coefficient (Wildman–Crippen LogP) is 4.17. The number of ether oxygens (including phenoxy) is 1. The number of pyridine rings is 1. The van der Waals surface area contributed by atoms with Crippen LogP contribution in [0, 0.1) is 25.5 Å². The minimum absolute atomic E-state index is 0.0876. The first-order chi connectivity index (χ1) is 12.0. The van der Waals surface area contributed by atoms with Crippen molar-refractivity contribution in [3.63, 3.8) is 0 Å². The minimum Gasteiger partial charge on any atom is -0.436 e. The molecule has 0 unspecified atom stereocenters. The van der Waals surface area contributed by atoms with E-state index < -0.39 is 11.6 Å². The van der Waals surface area contributed by atoms with Gasteiger partial charge in [0.1, 0.15) is 17.5 Å². The highest BCUT2D eigenvalue weighted by molar-refractivity contribution is 5.44. The van der Waals surface area contributed by atoms with Crippen LogP contribution in [0.1, 0.15) is 17.0 Å². The molecule has 128 valence electrons. The van der Waals surface area contributed by atoms with Crippen molar-refractivity contribution in [2.45, 2.75) is 20.4 Å². The van der Waals surface area contributed by atoms with Crippen molar-refractivity contribution < 1.29 is 13.5 Å². The Morgan fingerprint density at radius 1 is 1.12 bits per heavy atom. The summed E-state index contributed by atoms with van der Waals surface area (Å²) in [7, 11) is 0. The summed E-state index contributed by atoms with van der Waals surface area (Å²) in [6.07, 6.45) is 3.28. The van der Waals surface area contributed by atoms with E-state index in [-0.39, 0.29) is 11.6 Å². The van der Waals surface area contributed by atoms with E-state index in [0.717, 1.165) is 17.7 Å². The van der Waals surface area contributed by atoms with Crippen LogP contribution in [-0.2, 0) is 6.54 Å². The molecule has 0 amide bonds. The highest BCUT2D eigenvalue weighted by atomic mass is 19.1. The normalized spacial score (nSPS) is 10.6. The van der Waals surface area contributed by atoms with Gasteiger partial charge in [-0.05, 0) is 32.0 Å². The first-order valence-electron chi connectivity index (χ1n) is 7.64. The number of nitrogens with zero attached hydrogens (tertiary/aromatic N) is 3. The SMILES string of the molecule is Cc1ncc(C)c(NCc2cccnc2Oc2ccc(F)cc2F)n1. The molecule has 0 spiro atoms. The number of benzene rings is 1. The molecule has 5 nitrogen and oxygen atoms in total. The fourth-order valence-corrected chi connectivity index (χ4v) is 2.20. The molecule has 3 aromatic rings. The quantitative estimate of drug-likeness (QED) is 0.754. The van der Waals surface area contributed by atoms with E-state index in [1.165, 1.54) is 6.07 Å². The molecule has 0 saturated heterocycles. The molecule has 7 heteroatoms. The van der Waals surface area contributed by atoms with Crippen LogP contribution in [0.3, 0.4) is 0 Å². The van der Waals surface area contributed by atoms with Crippen molar-refractivity contribution in [3.8, 4) is 11.6 Å². The fraction of sp³-hybridized carbons (Fsp3) is 0.167. The number of aromatic nitrogens is 3. The second-order valence-corrected chi connectivity index (χ2v) is 5.45. The van der Waals surface area contributed by atoms with Gasteiger partial charge in [0.15, 0.2) is 11.6 Å². The van der Waals surface area contributed by atoms with Crippen LogP contribution in [0.25, 0.3) is 0 Å². The van der Waals surface area contributed by atoms with E-state index in [0.29, 0.717) is 23.8 Å². The van der Waals surface area contributed by atoms with Gasteiger partial charge in [0.2, 0.25) is 5.88 Å². The van der Waals surface area contributed by atoms with Gasteiger partial charge in [0.25, 0.3) is 0 Å². The first kappa shape index (κ1) is 16.8. The largest absolute Gasteiger partial charge is 0.436 e. The zero-order valence-corrected chi connectivity index (χ0v) is 13.8. The molecule has 1 aromatic carbocycles. The van der Waals surface area contributed by atoms with Crippen LogP contribution in [0.2, 0.25) is 0 Å². The first-order valence-corrected chi connectivity index (χ1v) is 7.64. The van der Waals surface area contributed by atoms with Crippen molar-refractivity contribution in [1.82, 2.24) is 15.0 Å². The Morgan fingerprint density at radius 2 is 1.96 bits per heavy atom. The van der Waals surface area contributed by atoms with E-state index in [9.17, 15) is 8.78 Å². The Balaban J connectivity index is 1.80. The molecular formula is C18H16F2N4O. The molecule has 0 saturated carbocycles. The predicted molar refractivity (Wildman–Crippen MR) is 89.5 cm³/mol. The van der Waals surface area contributed by atoms with Gasteiger partial charge in [0.05, 0.1) is 0 Å². The zero-order valence-electron chi connectivity index (χ0n) is 13.8. The Hall–Kier alpha value is -3.09. The lowest BCUT2D eigenvalue weighted by atomic mass is 10.2. The number of aryl methyl sites for hydroxylation is 2. The van der Waals surface area contributed by atoms with Gasteiger partial charge >= 0.3 is 0 Å². The molecule has 0 radical (unpaired) electrons. The molecule has 0 aliphatic carbocycles. The number of halogens is 2. The van der Waals surface area contributed by atoms with Crippen molar-refractivity contribution >= 4 is 5.82 Å². The third-order valence-corrected chi connectivity index (χ3v) is 3.49. The maximum atomic E-state index is 13.8. The molecule has 0 fully saturated rings. The molecule has 25 heavy (non-hydrogen) atoms. The van der Waals surface area contributed by atoms with E-state index in [2.05, 4.69) is 20.3 Å². The van der Waals surface area contributed by atoms with E-state index >= 15 is 0 Å². The Kier molecular flexibility index (Phi) is 4.83. The monoisotopic (exact) mass is 342 g/mol. The van der Waals surface area contributed by atoms with Crippen molar-refractivity contribution in [2.75, 3.05) is 5.32 Å². The summed E-state index contributed by atoms with van der Waals surface area (Å²) in [4.78, 5) is 12.6. The van der Waals surface area contributed by atoms with Gasteiger partial charge in [0, 0.05) is 36.1 Å². The average molecular weight is 342 g/mol. The van der Waals surface area contributed by atoms with Crippen LogP contribution >= 0.6 is 0 Å². The van der Waals surface area contributed by atoms with Crippen LogP contribution < -0.4 is 10.1 Å². The van der Waals surface area contributed by atoms with Gasteiger partial charge in [-0.25, -0.2) is 23.7 Å². The third-order valence-electron chi connectivity index (χ3n) is 3.49. The summed E-state index contributed by atoms with van der Waals surface area (Å²) in [5.41, 5.74) is 1.61. The molecule has 2 heterocycles. The lowest BCUT2D eigenvalue weighted by Gasteiger charge is -2.12. The van der Waals surface area contributed by atoms with Gasteiger partial charge in [-0.1, -0.05) is 6.07 Å². The number of hydrogen-bond acceptors (Lipinski definition) is 5. The Labute approximate surface area is 143 Å². The molecule has 0 aliphatic heterocycles. The molecule has 3 rings (SSSR count). The number of hydrogen-bond donors (Lipinski definition) is 1. The Bertz CT molecular complexity index is 902. The number of nitrogens with one attached hydrogen (secondary N) is 1. The fourth-order valence-electron chi connectivity index (χ4n) is 2.20. The summed E-state index contributed by atoms with van der Waals surface area (Å²) < 4.78 is 32.3. The number of anilines is 1. The average Bonchev–Trinajstić information content (AvgIpc) is 2.59. The maximum Gasteiger partial charge on any atom is 0.224 e. The molecule has 2 aromatic heterocycles. The lowest BCUT2D eigenvalue weighted by molar-refractivity contribution is 0.419. The van der Waals surface area contributed by atoms with E-state index in [4.69, 9.17) is 4.74 Å². The van der Waals surface area contributed by atoms with Gasteiger partial charge in [-0.15, -0.1) is 0 Å². The molecule has 1 N–H and O–H groups in total. The zero-order chi connectivity index (χ0) is 17.8.